The van der Waals surface area contributed by atoms with Gasteiger partial charge in [-0.2, -0.15) is 0 Å². The fourth-order valence-corrected chi connectivity index (χ4v) is 7.26. The van der Waals surface area contributed by atoms with Gasteiger partial charge in [0.25, 0.3) is 5.92 Å². The number of hydrogen-bond acceptors (Lipinski definition) is 8. The summed E-state index contributed by atoms with van der Waals surface area (Å²) in [7, 11) is -3.69. The van der Waals surface area contributed by atoms with Gasteiger partial charge in [-0.3, -0.25) is 9.71 Å². The lowest BCUT2D eigenvalue weighted by atomic mass is 9.93. The molecule has 2 aromatic heterocycles. The van der Waals surface area contributed by atoms with Gasteiger partial charge in [0.1, 0.15) is 5.69 Å². The fraction of sp³-hybridized carbons (Fsp3) is 0.452. The molecule has 232 valence electrons. The van der Waals surface area contributed by atoms with Crippen molar-refractivity contribution in [1.29, 1.82) is 0 Å². The van der Waals surface area contributed by atoms with Gasteiger partial charge < -0.3 is 14.9 Å². The number of benzene rings is 2. The van der Waals surface area contributed by atoms with Crippen LogP contribution in [-0.2, 0) is 10.0 Å². The Kier molecular flexibility index (Phi) is 7.19. The average Bonchev–Trinajstić information content (AvgIpc) is 3.56. The Morgan fingerprint density at radius 3 is 2.34 bits per heavy atom. The molecule has 10 nitrogen and oxygen atoms in total. The second-order valence-corrected chi connectivity index (χ2v) is 14.1. The maximum Gasteiger partial charge on any atom is 0.251 e. The summed E-state index contributed by atoms with van der Waals surface area (Å²) < 4.78 is 57.0. The number of aromatic nitrogens is 4. The highest BCUT2D eigenvalue weighted by molar-refractivity contribution is 7.92. The van der Waals surface area contributed by atoms with Crippen molar-refractivity contribution >= 4 is 38.0 Å². The van der Waals surface area contributed by atoms with Crippen molar-refractivity contribution in [3.05, 3.63) is 54.9 Å². The molecule has 3 aliphatic rings. The molecule has 44 heavy (non-hydrogen) atoms. The van der Waals surface area contributed by atoms with E-state index in [1.807, 2.05) is 47.5 Å². The maximum absolute atomic E-state index is 14.0. The zero-order chi connectivity index (χ0) is 30.5. The molecule has 4 heterocycles. The number of pyridine rings is 1. The first kappa shape index (κ1) is 28.9. The third-order valence-corrected chi connectivity index (χ3v) is 10.6. The molecule has 0 radical (unpaired) electrons. The van der Waals surface area contributed by atoms with E-state index in [1.54, 1.807) is 16.9 Å². The first-order valence-corrected chi connectivity index (χ1v) is 16.7. The zero-order valence-electron chi connectivity index (χ0n) is 24.3. The van der Waals surface area contributed by atoms with E-state index in [1.165, 1.54) is 12.8 Å². The van der Waals surface area contributed by atoms with Crippen molar-refractivity contribution in [3.63, 3.8) is 0 Å². The highest BCUT2D eigenvalue weighted by Gasteiger charge is 2.44. The van der Waals surface area contributed by atoms with E-state index in [0.29, 0.717) is 16.8 Å². The lowest BCUT2D eigenvalue weighted by Gasteiger charge is -2.35. The largest absolute Gasteiger partial charge is 0.395 e. The van der Waals surface area contributed by atoms with E-state index in [4.69, 9.17) is 0 Å². The SMILES string of the molecule is O=S(=O)(CCO)Nc1ccc(-n2cc(-c3cc(N4CCC(F)(F)CC4)c4ncccc4c3)nn2)c(N2CCC3(CC2)CC3)c1. The molecular weight excluding hydrogens is 588 g/mol. The van der Waals surface area contributed by atoms with Crippen LogP contribution >= 0.6 is 0 Å². The molecular formula is C31H35F2N7O3S. The Morgan fingerprint density at radius 2 is 1.61 bits per heavy atom. The molecule has 0 amide bonds. The van der Waals surface area contributed by atoms with Crippen LogP contribution in [0.2, 0.25) is 0 Å². The van der Waals surface area contributed by atoms with E-state index in [9.17, 15) is 22.3 Å². The molecule has 3 fully saturated rings. The van der Waals surface area contributed by atoms with Crippen LogP contribution in [0.1, 0.15) is 38.5 Å². The molecule has 2 aromatic carbocycles. The van der Waals surface area contributed by atoms with Crippen LogP contribution in [0.4, 0.5) is 25.8 Å². The van der Waals surface area contributed by atoms with Crippen LogP contribution in [0, 0.1) is 5.41 Å². The number of nitrogens with one attached hydrogen (secondary N) is 1. The summed E-state index contributed by atoms with van der Waals surface area (Å²) in [6.07, 6.45) is 7.86. The molecule has 4 aromatic rings. The Bertz CT molecular complexity index is 1790. The van der Waals surface area contributed by atoms with Crippen LogP contribution in [0.3, 0.4) is 0 Å². The number of nitrogens with zero attached hydrogens (tertiary/aromatic N) is 6. The van der Waals surface area contributed by atoms with E-state index in [0.717, 1.165) is 59.5 Å². The Hall–Kier alpha value is -3.84. The van der Waals surface area contributed by atoms with Gasteiger partial charge >= 0.3 is 0 Å². The molecule has 2 saturated heterocycles. The number of hydrogen-bond donors (Lipinski definition) is 2. The fourth-order valence-electron chi connectivity index (χ4n) is 6.43. The molecule has 0 atom stereocenters. The monoisotopic (exact) mass is 623 g/mol. The topological polar surface area (TPSA) is 116 Å². The summed E-state index contributed by atoms with van der Waals surface area (Å²) >= 11 is 0. The summed E-state index contributed by atoms with van der Waals surface area (Å²) in [5, 5.41) is 19.0. The molecule has 13 heteroatoms. The minimum absolute atomic E-state index is 0.200. The number of alkyl halides is 2. The Labute approximate surface area is 254 Å². The number of sulfonamides is 1. The second kappa shape index (κ2) is 11.0. The maximum atomic E-state index is 14.0. The highest BCUT2D eigenvalue weighted by atomic mass is 32.2. The van der Waals surface area contributed by atoms with Crippen LogP contribution < -0.4 is 14.5 Å². The number of aliphatic hydroxyl groups is 1. The number of anilines is 3. The first-order valence-electron chi connectivity index (χ1n) is 15.1. The number of piperidine rings is 2. The van der Waals surface area contributed by atoms with Gasteiger partial charge in [-0.15, -0.1) is 5.10 Å². The number of fused-ring (bicyclic) bond motifs is 1. The van der Waals surface area contributed by atoms with E-state index < -0.39 is 22.6 Å². The lowest BCUT2D eigenvalue weighted by Crippen LogP contribution is -2.39. The molecule has 2 aliphatic heterocycles. The predicted octanol–water partition coefficient (Wildman–Crippen LogP) is 4.83. The first-order chi connectivity index (χ1) is 21.1. The lowest BCUT2D eigenvalue weighted by molar-refractivity contribution is -0.0220. The van der Waals surface area contributed by atoms with Gasteiger partial charge in [-0.05, 0) is 67.5 Å². The van der Waals surface area contributed by atoms with Crippen molar-refractivity contribution in [2.75, 3.05) is 53.1 Å². The Balaban J connectivity index is 1.24. The van der Waals surface area contributed by atoms with Gasteiger partial charge in [-0.1, -0.05) is 11.3 Å². The van der Waals surface area contributed by atoms with Gasteiger partial charge in [0.15, 0.2) is 0 Å². The minimum Gasteiger partial charge on any atom is -0.395 e. The van der Waals surface area contributed by atoms with Gasteiger partial charge in [0.05, 0.1) is 46.8 Å². The van der Waals surface area contributed by atoms with Gasteiger partial charge in [-0.25, -0.2) is 21.9 Å². The van der Waals surface area contributed by atoms with E-state index in [2.05, 4.69) is 24.9 Å². The second-order valence-electron chi connectivity index (χ2n) is 12.3. The van der Waals surface area contributed by atoms with E-state index in [-0.39, 0.29) is 31.7 Å². The smallest absolute Gasteiger partial charge is 0.251 e. The number of halogens is 2. The quantitative estimate of drug-likeness (QED) is 0.287. The molecule has 0 unspecified atom stereocenters. The normalized spacial score (nSPS) is 19.4. The van der Waals surface area contributed by atoms with Crippen LogP contribution in [-0.4, -0.2) is 78.0 Å². The van der Waals surface area contributed by atoms with Crippen molar-refractivity contribution in [2.24, 2.45) is 5.41 Å². The molecule has 1 spiro atoms. The third kappa shape index (κ3) is 5.82. The van der Waals surface area contributed by atoms with Crippen molar-refractivity contribution in [3.8, 4) is 16.9 Å². The zero-order valence-corrected chi connectivity index (χ0v) is 25.1. The summed E-state index contributed by atoms with van der Waals surface area (Å²) in [6.45, 7) is 1.73. The van der Waals surface area contributed by atoms with Gasteiger partial charge in [0.2, 0.25) is 10.0 Å². The van der Waals surface area contributed by atoms with Crippen molar-refractivity contribution in [1.82, 2.24) is 20.0 Å². The Morgan fingerprint density at radius 1 is 0.886 bits per heavy atom. The van der Waals surface area contributed by atoms with Gasteiger partial charge in [0, 0.05) is 56.2 Å². The van der Waals surface area contributed by atoms with Crippen LogP contribution in [0.25, 0.3) is 27.8 Å². The summed E-state index contributed by atoms with van der Waals surface area (Å²) in [6, 6.07) is 13.1. The standard InChI is InChI=1S/C31H35F2N7O3S/c32-31(33)9-14-39(15-10-31)28-19-23(18-22-2-1-11-34-29(22)28)25-21-40(37-35-25)26-4-3-24(36-44(42,43)17-16-41)20-27(26)38-12-7-30(5-6-30)8-13-38/h1-4,11,18-21,36,41H,5-10,12-17H2. The molecule has 1 aliphatic carbocycles. The molecule has 2 N–H and O–H groups in total. The van der Waals surface area contributed by atoms with Crippen LogP contribution in [0.5, 0.6) is 0 Å². The molecule has 1 saturated carbocycles. The summed E-state index contributed by atoms with van der Waals surface area (Å²) in [5.41, 5.74) is 5.47. The van der Waals surface area contributed by atoms with Crippen molar-refractivity contribution in [2.45, 2.75) is 44.4 Å². The summed E-state index contributed by atoms with van der Waals surface area (Å²) in [5.74, 6) is -3.04. The summed E-state index contributed by atoms with van der Waals surface area (Å²) in [4.78, 5) is 8.81. The minimum atomic E-state index is -3.69. The molecule has 0 bridgehead atoms. The van der Waals surface area contributed by atoms with Crippen molar-refractivity contribution < 1.29 is 22.3 Å². The van der Waals surface area contributed by atoms with E-state index >= 15 is 0 Å². The molecule has 7 rings (SSSR count). The number of rotatable bonds is 8. The van der Waals surface area contributed by atoms with Crippen LogP contribution in [0.15, 0.2) is 54.9 Å². The average molecular weight is 624 g/mol. The number of aliphatic hydroxyl groups excluding tert-OH is 1. The predicted molar refractivity (Wildman–Crippen MR) is 166 cm³/mol. The third-order valence-electron chi connectivity index (χ3n) is 9.29. The highest BCUT2D eigenvalue weighted by Crippen LogP contribution is 2.54.